The van der Waals surface area contributed by atoms with Crippen molar-refractivity contribution in [2.45, 2.75) is 19.4 Å². The summed E-state index contributed by atoms with van der Waals surface area (Å²) in [5, 5.41) is 9.02. The van der Waals surface area contributed by atoms with Gasteiger partial charge < -0.3 is 15.6 Å². The van der Waals surface area contributed by atoms with Gasteiger partial charge in [0.25, 0.3) is 0 Å². The van der Waals surface area contributed by atoms with Crippen molar-refractivity contribution in [2.24, 2.45) is 5.73 Å². The van der Waals surface area contributed by atoms with Gasteiger partial charge in [-0.1, -0.05) is 25.1 Å². The van der Waals surface area contributed by atoms with Crippen molar-refractivity contribution in [3.63, 3.8) is 0 Å². The van der Waals surface area contributed by atoms with E-state index < -0.39 is 0 Å². The lowest BCUT2D eigenvalue weighted by Gasteiger charge is -2.28. The number of likely N-dealkylation sites (N-methyl/N-ethyl adjacent to an activating group) is 1. The van der Waals surface area contributed by atoms with Gasteiger partial charge in [-0.25, -0.2) is 0 Å². The number of nitrogens with zero attached hydrogens (tertiary/aromatic N) is 1. The molecule has 1 rings (SSSR count). The van der Waals surface area contributed by atoms with E-state index in [1.165, 1.54) is 0 Å². The van der Waals surface area contributed by atoms with Crippen molar-refractivity contribution in [3.8, 4) is 5.75 Å². The Bertz CT molecular complexity index is 344. The highest BCUT2D eigenvalue weighted by atomic mass is 16.5. The molecular weight excluding hydrogens is 228 g/mol. The van der Waals surface area contributed by atoms with Gasteiger partial charge in [-0.15, -0.1) is 0 Å². The standard InChI is InChI=1S/C14H24N2O2/c1-3-10-18-14-7-5-4-6-12(14)13(11-15)16(2)8-9-17/h4-7,13,17H,3,8-11,15H2,1-2H3. The molecule has 1 aromatic rings. The molecule has 0 aliphatic carbocycles. The number of aliphatic hydroxyl groups excluding tert-OH is 1. The summed E-state index contributed by atoms with van der Waals surface area (Å²) in [6.45, 7) is 4.02. The fourth-order valence-corrected chi connectivity index (χ4v) is 1.96. The second-order valence-corrected chi connectivity index (χ2v) is 4.34. The molecule has 0 bridgehead atoms. The maximum Gasteiger partial charge on any atom is 0.124 e. The molecule has 1 unspecified atom stereocenters. The molecule has 0 heterocycles. The van der Waals surface area contributed by atoms with Gasteiger partial charge >= 0.3 is 0 Å². The Morgan fingerprint density at radius 3 is 2.72 bits per heavy atom. The van der Waals surface area contributed by atoms with Gasteiger partial charge in [-0.05, 0) is 19.5 Å². The zero-order valence-corrected chi connectivity index (χ0v) is 11.3. The fraction of sp³-hybridized carbons (Fsp3) is 0.571. The number of rotatable bonds is 8. The Balaban J connectivity index is 2.89. The number of hydrogen-bond donors (Lipinski definition) is 2. The zero-order chi connectivity index (χ0) is 13.4. The summed E-state index contributed by atoms with van der Waals surface area (Å²) in [6.07, 6.45) is 0.980. The predicted octanol–water partition coefficient (Wildman–Crippen LogP) is 1.40. The second-order valence-electron chi connectivity index (χ2n) is 4.34. The third-order valence-corrected chi connectivity index (χ3v) is 2.95. The molecule has 0 fully saturated rings. The smallest absolute Gasteiger partial charge is 0.124 e. The quantitative estimate of drug-likeness (QED) is 0.734. The summed E-state index contributed by atoms with van der Waals surface area (Å²) in [6, 6.07) is 8.04. The van der Waals surface area contributed by atoms with E-state index in [0.29, 0.717) is 19.7 Å². The lowest BCUT2D eigenvalue weighted by Crippen LogP contribution is -2.32. The van der Waals surface area contributed by atoms with E-state index in [9.17, 15) is 0 Å². The van der Waals surface area contributed by atoms with Crippen LogP contribution >= 0.6 is 0 Å². The van der Waals surface area contributed by atoms with Gasteiger partial charge in [0.1, 0.15) is 5.75 Å². The lowest BCUT2D eigenvalue weighted by molar-refractivity contribution is 0.180. The first-order valence-electron chi connectivity index (χ1n) is 6.47. The number of benzene rings is 1. The summed E-state index contributed by atoms with van der Waals surface area (Å²) >= 11 is 0. The number of nitrogens with two attached hydrogens (primary N) is 1. The van der Waals surface area contributed by atoms with Crippen LogP contribution < -0.4 is 10.5 Å². The summed E-state index contributed by atoms with van der Waals surface area (Å²) in [7, 11) is 1.96. The van der Waals surface area contributed by atoms with E-state index in [1.54, 1.807) is 0 Å². The molecule has 0 amide bonds. The van der Waals surface area contributed by atoms with Crippen LogP contribution in [0, 0.1) is 0 Å². The lowest BCUT2D eigenvalue weighted by atomic mass is 10.0. The van der Waals surface area contributed by atoms with Crippen LogP contribution in [0.1, 0.15) is 24.9 Å². The van der Waals surface area contributed by atoms with Crippen LogP contribution in [0.4, 0.5) is 0 Å². The van der Waals surface area contributed by atoms with Crippen LogP contribution in [0.2, 0.25) is 0 Å². The minimum atomic E-state index is 0.0743. The molecule has 102 valence electrons. The van der Waals surface area contributed by atoms with Gasteiger partial charge in [-0.3, -0.25) is 4.90 Å². The SMILES string of the molecule is CCCOc1ccccc1C(CN)N(C)CCO. The maximum atomic E-state index is 9.02. The molecule has 18 heavy (non-hydrogen) atoms. The van der Waals surface area contributed by atoms with Crippen LogP contribution in [0.25, 0.3) is 0 Å². The van der Waals surface area contributed by atoms with Crippen molar-refractivity contribution in [3.05, 3.63) is 29.8 Å². The van der Waals surface area contributed by atoms with Crippen molar-refractivity contribution in [1.82, 2.24) is 4.90 Å². The molecule has 1 atom stereocenters. The molecule has 4 nitrogen and oxygen atoms in total. The second kappa shape index (κ2) is 8.08. The monoisotopic (exact) mass is 252 g/mol. The minimum Gasteiger partial charge on any atom is -0.493 e. The van der Waals surface area contributed by atoms with E-state index in [0.717, 1.165) is 17.7 Å². The molecule has 0 radical (unpaired) electrons. The molecular formula is C14H24N2O2. The molecule has 0 saturated heterocycles. The van der Waals surface area contributed by atoms with Crippen molar-refractivity contribution < 1.29 is 9.84 Å². The normalized spacial score (nSPS) is 12.7. The average molecular weight is 252 g/mol. The summed E-state index contributed by atoms with van der Waals surface area (Å²) < 4.78 is 5.75. The Kier molecular flexibility index (Phi) is 6.72. The highest BCUT2D eigenvalue weighted by molar-refractivity contribution is 5.36. The van der Waals surface area contributed by atoms with Crippen LogP contribution in [0.15, 0.2) is 24.3 Å². The highest BCUT2D eigenvalue weighted by Crippen LogP contribution is 2.28. The molecule has 3 N–H and O–H groups in total. The number of para-hydroxylation sites is 1. The van der Waals surface area contributed by atoms with Crippen LogP contribution in [0.3, 0.4) is 0 Å². The number of aliphatic hydroxyl groups is 1. The Labute approximate surface area is 109 Å². The Morgan fingerprint density at radius 2 is 2.11 bits per heavy atom. The third-order valence-electron chi connectivity index (χ3n) is 2.95. The molecule has 4 heteroatoms. The predicted molar refractivity (Wildman–Crippen MR) is 73.7 cm³/mol. The van der Waals surface area contributed by atoms with Crippen molar-refractivity contribution >= 4 is 0 Å². The van der Waals surface area contributed by atoms with Gasteiger partial charge in [0.2, 0.25) is 0 Å². The molecule has 0 aromatic heterocycles. The topological polar surface area (TPSA) is 58.7 Å². The average Bonchev–Trinajstić information content (AvgIpc) is 2.39. The molecule has 0 aliphatic heterocycles. The first-order valence-corrected chi connectivity index (χ1v) is 6.47. The third kappa shape index (κ3) is 3.98. The van der Waals surface area contributed by atoms with E-state index in [-0.39, 0.29) is 12.6 Å². The first-order chi connectivity index (χ1) is 8.74. The molecule has 0 saturated carbocycles. The molecule has 0 spiro atoms. The van der Waals surface area contributed by atoms with Gasteiger partial charge in [-0.2, -0.15) is 0 Å². The van der Waals surface area contributed by atoms with Crippen LogP contribution in [-0.2, 0) is 0 Å². The number of ether oxygens (including phenoxy) is 1. The van der Waals surface area contributed by atoms with Crippen molar-refractivity contribution in [1.29, 1.82) is 0 Å². The Morgan fingerprint density at radius 1 is 1.39 bits per heavy atom. The van der Waals surface area contributed by atoms with E-state index in [1.807, 2.05) is 36.2 Å². The van der Waals surface area contributed by atoms with Crippen LogP contribution in [-0.4, -0.2) is 43.4 Å². The summed E-state index contributed by atoms with van der Waals surface area (Å²) in [4.78, 5) is 2.05. The van der Waals surface area contributed by atoms with Gasteiger partial charge in [0.05, 0.1) is 19.3 Å². The van der Waals surface area contributed by atoms with Crippen LogP contribution in [0.5, 0.6) is 5.75 Å². The maximum absolute atomic E-state index is 9.02. The molecule has 0 aliphatic rings. The highest BCUT2D eigenvalue weighted by Gasteiger charge is 2.18. The van der Waals surface area contributed by atoms with E-state index in [4.69, 9.17) is 15.6 Å². The Hall–Kier alpha value is -1.10. The van der Waals surface area contributed by atoms with Gasteiger partial charge in [0.15, 0.2) is 0 Å². The summed E-state index contributed by atoms with van der Waals surface area (Å²) in [5.74, 6) is 0.889. The zero-order valence-electron chi connectivity index (χ0n) is 11.3. The minimum absolute atomic E-state index is 0.0743. The first kappa shape index (κ1) is 15.0. The van der Waals surface area contributed by atoms with Gasteiger partial charge in [0, 0.05) is 18.7 Å². The largest absolute Gasteiger partial charge is 0.493 e. The fourth-order valence-electron chi connectivity index (χ4n) is 1.96. The van der Waals surface area contributed by atoms with E-state index in [2.05, 4.69) is 6.92 Å². The van der Waals surface area contributed by atoms with Crippen molar-refractivity contribution in [2.75, 3.05) is 33.4 Å². The number of hydrogen-bond acceptors (Lipinski definition) is 4. The molecule has 1 aromatic carbocycles. The van der Waals surface area contributed by atoms with E-state index >= 15 is 0 Å². The summed E-state index contributed by atoms with van der Waals surface area (Å²) in [5.41, 5.74) is 6.94.